The zero-order chi connectivity index (χ0) is 19.1. The Morgan fingerprint density at radius 1 is 1.22 bits per heavy atom. The van der Waals surface area contributed by atoms with Crippen LogP contribution in [-0.4, -0.2) is 43.4 Å². The van der Waals surface area contributed by atoms with Crippen molar-refractivity contribution in [3.05, 3.63) is 60.1 Å². The van der Waals surface area contributed by atoms with Gasteiger partial charge in [-0.25, -0.2) is 0 Å². The molecule has 1 saturated heterocycles. The van der Waals surface area contributed by atoms with Crippen molar-refractivity contribution in [2.24, 2.45) is 10.9 Å². The molecule has 1 aliphatic heterocycles. The number of aliphatic imine (C=N–C) groups is 1. The van der Waals surface area contributed by atoms with Crippen LogP contribution in [0.15, 0.2) is 58.1 Å². The number of nitrogens with zero attached hydrogens (tertiary/aromatic N) is 2. The van der Waals surface area contributed by atoms with Gasteiger partial charge in [-0.15, -0.1) is 0 Å². The molecule has 2 aromatic rings. The van der Waals surface area contributed by atoms with Gasteiger partial charge in [-0.2, -0.15) is 0 Å². The van der Waals surface area contributed by atoms with Crippen molar-refractivity contribution in [3.63, 3.8) is 0 Å². The van der Waals surface area contributed by atoms with Crippen LogP contribution in [0.2, 0.25) is 0 Å². The van der Waals surface area contributed by atoms with Crippen molar-refractivity contribution in [2.75, 3.05) is 26.7 Å². The molecule has 144 valence electrons. The number of rotatable bonds is 5. The van der Waals surface area contributed by atoms with E-state index in [1.165, 1.54) is 5.56 Å². The molecule has 0 aliphatic carbocycles. The van der Waals surface area contributed by atoms with Gasteiger partial charge >= 0.3 is 0 Å². The van der Waals surface area contributed by atoms with Crippen LogP contribution in [0.4, 0.5) is 0 Å². The van der Waals surface area contributed by atoms with Crippen LogP contribution in [0, 0.1) is 5.92 Å². The first-order chi connectivity index (χ1) is 13.2. The van der Waals surface area contributed by atoms with Crippen molar-refractivity contribution in [1.82, 2.24) is 15.5 Å². The Kier molecular flexibility index (Phi) is 6.52. The van der Waals surface area contributed by atoms with Gasteiger partial charge < -0.3 is 20.0 Å². The number of amides is 1. The summed E-state index contributed by atoms with van der Waals surface area (Å²) in [5, 5.41) is 6.01. The highest BCUT2D eigenvalue weighted by Crippen LogP contribution is 2.32. The maximum Gasteiger partial charge on any atom is 0.239 e. The number of furan rings is 1. The first-order valence-electron chi connectivity index (χ1n) is 9.47. The van der Waals surface area contributed by atoms with E-state index in [1.54, 1.807) is 13.3 Å². The summed E-state index contributed by atoms with van der Waals surface area (Å²) in [4.78, 5) is 18.7. The van der Waals surface area contributed by atoms with Crippen LogP contribution in [0.5, 0.6) is 0 Å². The summed E-state index contributed by atoms with van der Waals surface area (Å²) in [6.45, 7) is 4.73. The number of hydrogen-bond donors (Lipinski definition) is 2. The molecule has 2 atom stereocenters. The van der Waals surface area contributed by atoms with Gasteiger partial charge in [0.15, 0.2) is 5.96 Å². The van der Waals surface area contributed by atoms with Crippen LogP contribution in [0.3, 0.4) is 0 Å². The van der Waals surface area contributed by atoms with Gasteiger partial charge in [0.25, 0.3) is 0 Å². The Balaban J connectivity index is 1.47. The second kappa shape index (κ2) is 9.26. The molecule has 2 unspecified atom stereocenters. The molecular formula is C21H28N4O2. The molecule has 1 amide bonds. The maximum atomic E-state index is 12.1. The number of likely N-dealkylation sites (tertiary alicyclic amines) is 1. The van der Waals surface area contributed by atoms with E-state index in [0.717, 1.165) is 31.2 Å². The summed E-state index contributed by atoms with van der Waals surface area (Å²) in [5.74, 6) is 2.52. The van der Waals surface area contributed by atoms with E-state index in [1.807, 2.05) is 12.1 Å². The lowest BCUT2D eigenvalue weighted by Crippen LogP contribution is -2.50. The molecule has 6 heteroatoms. The zero-order valence-electron chi connectivity index (χ0n) is 16.0. The van der Waals surface area contributed by atoms with Crippen LogP contribution in [-0.2, 0) is 11.3 Å². The van der Waals surface area contributed by atoms with Crippen LogP contribution < -0.4 is 10.6 Å². The predicted octanol–water partition coefficient (Wildman–Crippen LogP) is 2.60. The molecule has 6 nitrogen and oxygen atoms in total. The second-order valence-corrected chi connectivity index (χ2v) is 6.99. The number of nitrogens with one attached hydrogen (secondary N) is 2. The van der Waals surface area contributed by atoms with E-state index in [0.29, 0.717) is 18.4 Å². The monoisotopic (exact) mass is 368 g/mol. The lowest BCUT2D eigenvalue weighted by molar-refractivity contribution is -0.120. The molecule has 0 bridgehead atoms. The van der Waals surface area contributed by atoms with E-state index in [4.69, 9.17) is 4.42 Å². The molecule has 0 saturated carbocycles. The van der Waals surface area contributed by atoms with Crippen LogP contribution in [0.25, 0.3) is 0 Å². The minimum Gasteiger partial charge on any atom is -0.467 e. The van der Waals surface area contributed by atoms with Gasteiger partial charge in [-0.1, -0.05) is 37.3 Å². The molecule has 3 rings (SSSR count). The molecule has 1 aliphatic rings. The highest BCUT2D eigenvalue weighted by atomic mass is 16.3. The van der Waals surface area contributed by atoms with Gasteiger partial charge in [0, 0.05) is 20.1 Å². The summed E-state index contributed by atoms with van der Waals surface area (Å²) >= 11 is 0. The molecular weight excluding hydrogens is 340 g/mol. The smallest absolute Gasteiger partial charge is 0.239 e. The quantitative estimate of drug-likeness (QED) is 0.629. The van der Waals surface area contributed by atoms with Crippen molar-refractivity contribution in [2.45, 2.75) is 25.8 Å². The Morgan fingerprint density at radius 3 is 2.70 bits per heavy atom. The molecule has 27 heavy (non-hydrogen) atoms. The second-order valence-electron chi connectivity index (χ2n) is 6.99. The first-order valence-corrected chi connectivity index (χ1v) is 9.47. The number of carbonyl (C=O) groups is 1. The van der Waals surface area contributed by atoms with Gasteiger partial charge in [0.2, 0.25) is 5.91 Å². The van der Waals surface area contributed by atoms with Gasteiger partial charge in [-0.3, -0.25) is 9.79 Å². The number of piperidine rings is 1. The summed E-state index contributed by atoms with van der Waals surface area (Å²) < 4.78 is 5.22. The lowest BCUT2D eigenvalue weighted by atomic mass is 9.82. The molecule has 0 spiro atoms. The SMILES string of the molecule is CN=C(NCC(=O)NCc1ccco1)N1CCC(c2ccccc2)C(C)C1. The van der Waals surface area contributed by atoms with E-state index in [9.17, 15) is 4.79 Å². The number of benzene rings is 1. The largest absolute Gasteiger partial charge is 0.467 e. The minimum absolute atomic E-state index is 0.0835. The highest BCUT2D eigenvalue weighted by Gasteiger charge is 2.28. The van der Waals surface area contributed by atoms with Crippen LogP contribution >= 0.6 is 0 Å². The molecule has 1 fully saturated rings. The Hall–Kier alpha value is -2.76. The van der Waals surface area contributed by atoms with Crippen molar-refractivity contribution < 1.29 is 9.21 Å². The fraction of sp³-hybridized carbons (Fsp3) is 0.429. The normalized spacial score (nSPS) is 20.4. The highest BCUT2D eigenvalue weighted by molar-refractivity contribution is 5.86. The average molecular weight is 368 g/mol. The first kappa shape index (κ1) is 19.0. The topological polar surface area (TPSA) is 69.9 Å². The zero-order valence-corrected chi connectivity index (χ0v) is 16.0. The molecule has 1 aromatic carbocycles. The summed E-state index contributed by atoms with van der Waals surface area (Å²) in [5.41, 5.74) is 1.41. The van der Waals surface area contributed by atoms with E-state index < -0.39 is 0 Å². The van der Waals surface area contributed by atoms with Crippen molar-refractivity contribution in [1.29, 1.82) is 0 Å². The van der Waals surface area contributed by atoms with Crippen LogP contribution in [0.1, 0.15) is 30.6 Å². The summed E-state index contributed by atoms with van der Waals surface area (Å²) in [6.07, 6.45) is 2.68. The van der Waals surface area contributed by atoms with Gasteiger partial charge in [0.05, 0.1) is 19.4 Å². The predicted molar refractivity (Wildman–Crippen MR) is 106 cm³/mol. The van der Waals surface area contributed by atoms with E-state index >= 15 is 0 Å². The third-order valence-electron chi connectivity index (χ3n) is 5.09. The minimum atomic E-state index is -0.0835. The summed E-state index contributed by atoms with van der Waals surface area (Å²) in [6, 6.07) is 14.4. The summed E-state index contributed by atoms with van der Waals surface area (Å²) in [7, 11) is 1.76. The van der Waals surface area contributed by atoms with E-state index in [-0.39, 0.29) is 12.5 Å². The van der Waals surface area contributed by atoms with Crippen molar-refractivity contribution >= 4 is 11.9 Å². The number of hydrogen-bond acceptors (Lipinski definition) is 3. The van der Waals surface area contributed by atoms with Gasteiger partial charge in [-0.05, 0) is 36.0 Å². The molecule has 0 radical (unpaired) electrons. The van der Waals surface area contributed by atoms with Crippen molar-refractivity contribution in [3.8, 4) is 0 Å². The van der Waals surface area contributed by atoms with Gasteiger partial charge in [0.1, 0.15) is 5.76 Å². The Bertz CT molecular complexity index is 743. The number of guanidine groups is 1. The molecule has 2 N–H and O–H groups in total. The average Bonchev–Trinajstić information content (AvgIpc) is 3.21. The third kappa shape index (κ3) is 5.12. The fourth-order valence-electron chi connectivity index (χ4n) is 3.69. The maximum absolute atomic E-state index is 12.1. The standard InChI is InChI=1S/C21H28N4O2/c1-16-15-25(11-10-19(16)17-7-4-3-5-8-17)21(22-2)24-14-20(26)23-13-18-9-6-12-27-18/h3-9,12,16,19H,10-11,13-15H2,1-2H3,(H,22,24)(H,23,26). The molecule has 2 heterocycles. The molecule has 1 aromatic heterocycles. The van der Waals surface area contributed by atoms with E-state index in [2.05, 4.69) is 57.8 Å². The fourth-order valence-corrected chi connectivity index (χ4v) is 3.69. The Morgan fingerprint density at radius 2 is 2.04 bits per heavy atom. The lowest BCUT2D eigenvalue weighted by Gasteiger charge is -2.38. The Labute approximate surface area is 160 Å². The number of carbonyl (C=O) groups excluding carboxylic acids is 1. The third-order valence-corrected chi connectivity index (χ3v) is 5.09.